The molecule has 0 fully saturated rings. The fraction of sp³-hybridized carbons (Fsp3) is 1.00. The Balaban J connectivity index is -0.0000000369. The molecule has 0 aromatic heterocycles. The topological polar surface area (TPSA) is 130 Å². The van der Waals surface area contributed by atoms with E-state index in [1.807, 2.05) is 0 Å². The first-order valence-electron chi connectivity index (χ1n) is 4.95. The van der Waals surface area contributed by atoms with E-state index in [1.165, 1.54) is 0 Å². The molecule has 0 atom stereocenters. The van der Waals surface area contributed by atoms with Crippen LogP contribution in [0.3, 0.4) is 0 Å². The molecule has 0 aliphatic heterocycles. The SMILES string of the molecule is CC(C)[O-].CC(C)[O-].CC(C)[O-].OB(O)O.[Al+3]. The third-order valence-corrected chi connectivity index (χ3v) is 0. The zero-order chi connectivity index (χ0) is 14.3. The van der Waals surface area contributed by atoms with Gasteiger partial charge in [0.15, 0.2) is 0 Å². The molecule has 0 saturated carbocycles. The second kappa shape index (κ2) is 25.3. The van der Waals surface area contributed by atoms with Crippen LogP contribution in [-0.4, -0.2) is 58.1 Å². The van der Waals surface area contributed by atoms with Crippen LogP contribution < -0.4 is 15.3 Å². The van der Waals surface area contributed by atoms with Crippen LogP contribution in [0.15, 0.2) is 0 Å². The Hall–Kier alpha value is 0.357. The van der Waals surface area contributed by atoms with Crippen LogP contribution in [0.1, 0.15) is 41.5 Å². The molecular weight excluding hydrogens is 242 g/mol. The van der Waals surface area contributed by atoms with Crippen LogP contribution in [-0.2, 0) is 0 Å². The Bertz CT molecular complexity index is 68.5. The summed E-state index contributed by atoms with van der Waals surface area (Å²) in [6.07, 6.45) is -1.25. The fourth-order valence-electron chi connectivity index (χ4n) is 0. The van der Waals surface area contributed by atoms with E-state index in [0.717, 1.165) is 0 Å². The van der Waals surface area contributed by atoms with Crippen molar-refractivity contribution < 1.29 is 30.4 Å². The Morgan fingerprint density at radius 3 is 0.647 bits per heavy atom. The Kier molecular flexibility index (Phi) is 45.2. The van der Waals surface area contributed by atoms with E-state index in [1.54, 1.807) is 41.5 Å². The van der Waals surface area contributed by atoms with Gasteiger partial charge in [-0.1, -0.05) is 41.5 Å². The zero-order valence-electron chi connectivity index (χ0n) is 11.5. The van der Waals surface area contributed by atoms with Crippen molar-refractivity contribution in [1.29, 1.82) is 0 Å². The molecule has 3 N–H and O–H groups in total. The summed E-state index contributed by atoms with van der Waals surface area (Å²) in [7, 11) is -2.17. The predicted octanol–water partition coefficient (Wildman–Crippen LogP) is -3.17. The molecule has 0 heterocycles. The molecule has 0 aliphatic rings. The van der Waals surface area contributed by atoms with Crippen molar-refractivity contribution in [3.05, 3.63) is 0 Å². The molecule has 0 spiro atoms. The van der Waals surface area contributed by atoms with Crippen molar-refractivity contribution >= 4 is 24.7 Å². The quantitative estimate of drug-likeness (QED) is 0.396. The van der Waals surface area contributed by atoms with E-state index in [0.29, 0.717) is 0 Å². The minimum Gasteiger partial charge on any atom is -0.852 e. The van der Waals surface area contributed by atoms with E-state index in [9.17, 15) is 15.3 Å². The standard InChI is InChI=1S/3C3H7O.Al.BH3O3/c3*1-3(2)4;;2-1(3)4/h3*3H,1-2H3;;2-4H/q3*-1;+3;. The summed E-state index contributed by atoms with van der Waals surface area (Å²) >= 11 is 0. The zero-order valence-corrected chi connectivity index (χ0v) is 12.6. The van der Waals surface area contributed by atoms with Crippen molar-refractivity contribution in [2.75, 3.05) is 0 Å². The van der Waals surface area contributed by atoms with Gasteiger partial charge < -0.3 is 30.4 Å². The molecule has 0 amide bonds. The first-order valence-corrected chi connectivity index (χ1v) is 4.95. The number of rotatable bonds is 0. The minimum atomic E-state index is -2.17. The van der Waals surface area contributed by atoms with Gasteiger partial charge in [-0.05, 0) is 0 Å². The molecule has 0 unspecified atom stereocenters. The molecule has 102 valence electrons. The summed E-state index contributed by atoms with van der Waals surface area (Å²) in [6, 6.07) is 0. The van der Waals surface area contributed by atoms with Gasteiger partial charge in [-0.2, -0.15) is 0 Å². The van der Waals surface area contributed by atoms with Crippen LogP contribution in [0.4, 0.5) is 0 Å². The second-order valence-corrected chi connectivity index (χ2v) is 3.49. The van der Waals surface area contributed by atoms with Crippen LogP contribution in [0.25, 0.3) is 0 Å². The molecule has 6 nitrogen and oxygen atoms in total. The van der Waals surface area contributed by atoms with Gasteiger partial charge in [0.2, 0.25) is 0 Å². The average molecular weight is 266 g/mol. The summed E-state index contributed by atoms with van der Waals surface area (Å²) in [6.45, 7) is 9.67. The van der Waals surface area contributed by atoms with Crippen molar-refractivity contribution in [3.8, 4) is 0 Å². The van der Waals surface area contributed by atoms with Gasteiger partial charge in [0.05, 0.1) is 0 Å². The van der Waals surface area contributed by atoms with Gasteiger partial charge >= 0.3 is 24.7 Å². The first kappa shape index (κ1) is 30.4. The van der Waals surface area contributed by atoms with Crippen LogP contribution in [0.2, 0.25) is 0 Å². The Morgan fingerprint density at radius 1 is 0.647 bits per heavy atom. The van der Waals surface area contributed by atoms with Gasteiger partial charge in [0.25, 0.3) is 0 Å². The van der Waals surface area contributed by atoms with Crippen LogP contribution in [0.5, 0.6) is 0 Å². The maximum Gasteiger partial charge on any atom is 3.00 e. The van der Waals surface area contributed by atoms with Crippen molar-refractivity contribution in [2.24, 2.45) is 0 Å². The van der Waals surface area contributed by atoms with Crippen molar-refractivity contribution in [1.82, 2.24) is 0 Å². The molecule has 0 saturated heterocycles. The van der Waals surface area contributed by atoms with Gasteiger partial charge in [-0.3, -0.25) is 0 Å². The maximum absolute atomic E-state index is 9.53. The molecule has 0 rings (SSSR count). The Labute approximate surface area is 115 Å². The normalized spacial score (nSPS) is 7.94. The molecule has 0 aliphatic carbocycles. The molecular formula is C9H24AlBO6. The van der Waals surface area contributed by atoms with Gasteiger partial charge in [-0.25, -0.2) is 0 Å². The summed E-state index contributed by atoms with van der Waals surface area (Å²) in [5.74, 6) is 0. The van der Waals surface area contributed by atoms with Gasteiger partial charge in [-0.15, -0.1) is 18.3 Å². The monoisotopic (exact) mass is 266 g/mol. The van der Waals surface area contributed by atoms with Crippen molar-refractivity contribution in [2.45, 2.75) is 59.9 Å². The van der Waals surface area contributed by atoms with E-state index in [2.05, 4.69) is 0 Å². The number of hydrogen-bond donors (Lipinski definition) is 3. The summed E-state index contributed by atoms with van der Waals surface area (Å²) in [4.78, 5) is 0. The third kappa shape index (κ3) is 26400. The van der Waals surface area contributed by atoms with Crippen LogP contribution >= 0.6 is 0 Å². The molecule has 8 heteroatoms. The second-order valence-electron chi connectivity index (χ2n) is 3.49. The van der Waals surface area contributed by atoms with Gasteiger partial charge in [0.1, 0.15) is 0 Å². The smallest absolute Gasteiger partial charge is 0.852 e. The summed E-state index contributed by atoms with van der Waals surface area (Å²) < 4.78 is 0. The average Bonchev–Trinajstić information content (AvgIpc) is 1.76. The molecule has 0 aromatic rings. The Morgan fingerprint density at radius 2 is 0.647 bits per heavy atom. The molecule has 0 radical (unpaired) electrons. The number of hydrogen-bond acceptors (Lipinski definition) is 6. The van der Waals surface area contributed by atoms with E-state index < -0.39 is 25.6 Å². The van der Waals surface area contributed by atoms with Crippen molar-refractivity contribution in [3.63, 3.8) is 0 Å². The largest absolute Gasteiger partial charge is 3.00 e. The summed E-state index contributed by atoms with van der Waals surface area (Å²) in [5, 5.41) is 50.1. The predicted molar refractivity (Wildman–Crippen MR) is 63.6 cm³/mol. The molecule has 0 bridgehead atoms. The van der Waals surface area contributed by atoms with E-state index in [4.69, 9.17) is 15.1 Å². The van der Waals surface area contributed by atoms with E-state index >= 15 is 0 Å². The van der Waals surface area contributed by atoms with Gasteiger partial charge in [0, 0.05) is 0 Å². The summed E-state index contributed by atoms with van der Waals surface area (Å²) in [5.41, 5.74) is 0. The molecule has 0 aromatic carbocycles. The molecule has 17 heavy (non-hydrogen) atoms. The van der Waals surface area contributed by atoms with Crippen LogP contribution in [0, 0.1) is 0 Å². The third-order valence-electron chi connectivity index (χ3n) is 0. The van der Waals surface area contributed by atoms with E-state index in [-0.39, 0.29) is 17.4 Å². The minimum absolute atomic E-state index is 0. The first-order chi connectivity index (χ1) is 6.93. The maximum atomic E-state index is 9.53. The fourth-order valence-corrected chi connectivity index (χ4v) is 0.